The van der Waals surface area contributed by atoms with Gasteiger partial charge in [0.25, 0.3) is 11.5 Å². The average molecular weight is 424 g/mol. The van der Waals surface area contributed by atoms with E-state index in [9.17, 15) is 14.4 Å². The van der Waals surface area contributed by atoms with E-state index in [2.05, 4.69) is 12.2 Å². The average Bonchev–Trinajstić information content (AvgIpc) is 3.47. The van der Waals surface area contributed by atoms with Crippen LogP contribution < -0.4 is 10.9 Å². The Morgan fingerprint density at radius 3 is 2.71 bits per heavy atom. The number of hydrogen-bond donors (Lipinski definition) is 1. The van der Waals surface area contributed by atoms with Gasteiger partial charge in [-0.15, -0.1) is 0 Å². The number of hydrogen-bond acceptors (Lipinski definition) is 4. The van der Waals surface area contributed by atoms with E-state index >= 15 is 0 Å². The van der Waals surface area contributed by atoms with Crippen LogP contribution in [-0.4, -0.2) is 39.9 Å². The molecule has 3 aliphatic rings. The summed E-state index contributed by atoms with van der Waals surface area (Å²) in [5.41, 5.74) is 1.06. The Morgan fingerprint density at radius 2 is 2.00 bits per heavy atom. The lowest BCUT2D eigenvalue weighted by Gasteiger charge is -2.47. The molecule has 0 unspecified atom stereocenters. The van der Waals surface area contributed by atoms with Crippen LogP contribution in [-0.2, 0) is 4.79 Å². The van der Waals surface area contributed by atoms with Crippen LogP contribution in [0.15, 0.2) is 46.0 Å². The number of nitrogens with one attached hydrogen (secondary N) is 1. The second kappa shape index (κ2) is 7.70. The standard InChI is InChI=1S/C24H29N3O4/c1-2-24(9-3-4-10-24)25-22(29)21-18-12-17(19-6-5-7-20(28)27(19)21)13-26(14-18)23(30)16-8-11-31-15-16/h5-8,11,15,17-18,21H,2-4,9-10,12-14H2,1H3,(H,25,29)/t17-,18+,21+/m0/s1. The highest BCUT2D eigenvalue weighted by atomic mass is 16.3. The van der Waals surface area contributed by atoms with E-state index in [4.69, 9.17) is 4.42 Å². The summed E-state index contributed by atoms with van der Waals surface area (Å²) in [5, 5.41) is 3.34. The molecule has 4 heterocycles. The van der Waals surface area contributed by atoms with E-state index in [1.54, 1.807) is 16.7 Å². The fourth-order valence-corrected chi connectivity index (χ4v) is 5.96. The molecule has 2 aliphatic heterocycles. The van der Waals surface area contributed by atoms with Gasteiger partial charge in [0.1, 0.15) is 12.3 Å². The van der Waals surface area contributed by atoms with Crippen LogP contribution in [0.25, 0.3) is 0 Å². The summed E-state index contributed by atoms with van der Waals surface area (Å²) in [5.74, 6) is -0.230. The summed E-state index contributed by atoms with van der Waals surface area (Å²) >= 11 is 0. The molecule has 3 atom stereocenters. The van der Waals surface area contributed by atoms with Gasteiger partial charge in [-0.3, -0.25) is 19.0 Å². The third kappa shape index (κ3) is 3.40. The zero-order valence-electron chi connectivity index (χ0n) is 17.9. The quantitative estimate of drug-likeness (QED) is 0.819. The molecular formula is C24H29N3O4. The van der Waals surface area contributed by atoms with Crippen molar-refractivity contribution in [3.05, 3.63) is 58.4 Å². The number of rotatable bonds is 4. The van der Waals surface area contributed by atoms with Crippen LogP contribution >= 0.6 is 0 Å². The Morgan fingerprint density at radius 1 is 1.19 bits per heavy atom. The van der Waals surface area contributed by atoms with Gasteiger partial charge in [-0.2, -0.15) is 0 Å². The smallest absolute Gasteiger partial charge is 0.257 e. The fourth-order valence-electron chi connectivity index (χ4n) is 5.96. The molecule has 2 amide bonds. The molecule has 7 heteroatoms. The van der Waals surface area contributed by atoms with E-state index in [0.717, 1.165) is 44.2 Å². The largest absolute Gasteiger partial charge is 0.472 e. The van der Waals surface area contributed by atoms with E-state index in [1.807, 2.05) is 11.0 Å². The van der Waals surface area contributed by atoms with Gasteiger partial charge in [-0.25, -0.2) is 0 Å². The van der Waals surface area contributed by atoms with E-state index < -0.39 is 6.04 Å². The second-order valence-electron chi connectivity index (χ2n) is 9.35. The Labute approximate surface area is 181 Å². The highest BCUT2D eigenvalue weighted by molar-refractivity contribution is 5.94. The molecule has 1 aliphatic carbocycles. The summed E-state index contributed by atoms with van der Waals surface area (Å²) in [7, 11) is 0. The molecule has 2 aromatic heterocycles. The minimum atomic E-state index is -0.594. The zero-order chi connectivity index (χ0) is 21.6. The molecule has 31 heavy (non-hydrogen) atoms. The molecule has 0 aromatic carbocycles. The molecule has 164 valence electrons. The summed E-state index contributed by atoms with van der Waals surface area (Å²) in [6.07, 6.45) is 8.85. The minimum absolute atomic E-state index is 0.0409. The van der Waals surface area contributed by atoms with Crippen molar-refractivity contribution in [3.63, 3.8) is 0 Å². The Bertz CT molecular complexity index is 1040. The summed E-state index contributed by atoms with van der Waals surface area (Å²) in [4.78, 5) is 41.4. The van der Waals surface area contributed by atoms with Crippen molar-refractivity contribution >= 4 is 11.8 Å². The molecule has 2 fully saturated rings. The first-order valence-corrected chi connectivity index (χ1v) is 11.4. The van der Waals surface area contributed by atoms with Crippen LogP contribution in [0.4, 0.5) is 0 Å². The zero-order valence-corrected chi connectivity index (χ0v) is 17.9. The van der Waals surface area contributed by atoms with Crippen molar-refractivity contribution in [3.8, 4) is 0 Å². The number of carbonyl (C=O) groups is 2. The number of furan rings is 1. The first kappa shape index (κ1) is 20.1. The van der Waals surface area contributed by atoms with Crippen molar-refractivity contribution in [2.75, 3.05) is 13.1 Å². The molecule has 2 aromatic rings. The predicted octanol–water partition coefficient (Wildman–Crippen LogP) is 3.08. The van der Waals surface area contributed by atoms with Gasteiger partial charge in [-0.05, 0) is 37.8 Å². The van der Waals surface area contributed by atoms with Gasteiger partial charge in [0.15, 0.2) is 0 Å². The number of pyridine rings is 1. The second-order valence-corrected chi connectivity index (χ2v) is 9.35. The monoisotopic (exact) mass is 423 g/mol. The third-order valence-corrected chi connectivity index (χ3v) is 7.60. The molecule has 1 N–H and O–H groups in total. The highest BCUT2D eigenvalue weighted by Crippen LogP contribution is 2.42. The molecule has 2 bridgehead atoms. The fraction of sp³-hybridized carbons (Fsp3) is 0.542. The number of amides is 2. The van der Waals surface area contributed by atoms with Gasteiger partial charge in [0.05, 0.1) is 11.8 Å². The van der Waals surface area contributed by atoms with Gasteiger partial charge >= 0.3 is 0 Å². The lowest BCUT2D eigenvalue weighted by Crippen LogP contribution is -2.57. The third-order valence-electron chi connectivity index (χ3n) is 7.60. The first-order valence-electron chi connectivity index (χ1n) is 11.4. The molecule has 0 radical (unpaired) electrons. The number of nitrogens with zero attached hydrogens (tertiary/aromatic N) is 2. The maximum atomic E-state index is 13.6. The Balaban J connectivity index is 1.50. The lowest BCUT2D eigenvalue weighted by atomic mass is 9.77. The maximum absolute atomic E-state index is 13.6. The van der Waals surface area contributed by atoms with E-state index in [0.29, 0.717) is 18.7 Å². The first-order chi connectivity index (χ1) is 15.0. The van der Waals surface area contributed by atoms with Gasteiger partial charge in [0, 0.05) is 42.2 Å². The number of likely N-dealkylation sites (tertiary alicyclic amines) is 1. The summed E-state index contributed by atoms with van der Waals surface area (Å²) in [6, 6.07) is 6.29. The molecule has 0 spiro atoms. The molecule has 5 rings (SSSR count). The van der Waals surface area contributed by atoms with E-state index in [1.165, 1.54) is 18.6 Å². The molecule has 1 saturated heterocycles. The van der Waals surface area contributed by atoms with Crippen LogP contribution in [0.2, 0.25) is 0 Å². The van der Waals surface area contributed by atoms with Crippen molar-refractivity contribution in [2.24, 2.45) is 5.92 Å². The van der Waals surface area contributed by atoms with Gasteiger partial charge < -0.3 is 14.6 Å². The molecule has 7 nitrogen and oxygen atoms in total. The van der Waals surface area contributed by atoms with Crippen LogP contribution in [0.1, 0.15) is 73.5 Å². The SMILES string of the molecule is CCC1(NC(=O)[C@H]2[C@@H]3C[C@@H](CN(C(=O)c4ccoc4)C3)c3cccc(=O)n32)CCCC1. The molecular weight excluding hydrogens is 394 g/mol. The summed E-state index contributed by atoms with van der Waals surface area (Å²) in [6.45, 7) is 3.12. The van der Waals surface area contributed by atoms with E-state index in [-0.39, 0.29) is 34.7 Å². The van der Waals surface area contributed by atoms with Gasteiger partial charge in [-0.1, -0.05) is 25.8 Å². The van der Waals surface area contributed by atoms with Gasteiger partial charge in [0.2, 0.25) is 5.91 Å². The number of carbonyl (C=O) groups excluding carboxylic acids is 2. The predicted molar refractivity (Wildman–Crippen MR) is 115 cm³/mol. The highest BCUT2D eigenvalue weighted by Gasteiger charge is 2.46. The van der Waals surface area contributed by atoms with Crippen LogP contribution in [0, 0.1) is 5.92 Å². The van der Waals surface area contributed by atoms with Crippen molar-refractivity contribution in [2.45, 2.75) is 62.9 Å². The van der Waals surface area contributed by atoms with Crippen LogP contribution in [0.5, 0.6) is 0 Å². The maximum Gasteiger partial charge on any atom is 0.257 e. The Kier molecular flexibility index (Phi) is 4.99. The van der Waals surface area contributed by atoms with Crippen molar-refractivity contribution in [1.82, 2.24) is 14.8 Å². The lowest BCUT2D eigenvalue weighted by molar-refractivity contribution is -0.129. The van der Waals surface area contributed by atoms with Crippen molar-refractivity contribution in [1.29, 1.82) is 0 Å². The van der Waals surface area contributed by atoms with Crippen molar-refractivity contribution < 1.29 is 14.0 Å². The number of piperidine rings is 1. The number of aromatic nitrogens is 1. The normalized spacial score (nSPS) is 26.4. The minimum Gasteiger partial charge on any atom is -0.472 e. The number of fused-ring (bicyclic) bond motifs is 4. The Hall–Kier alpha value is -2.83. The summed E-state index contributed by atoms with van der Waals surface area (Å²) < 4.78 is 6.79. The topological polar surface area (TPSA) is 84.6 Å². The molecule has 1 saturated carbocycles. The van der Waals surface area contributed by atoms with Crippen LogP contribution in [0.3, 0.4) is 0 Å².